The van der Waals surface area contributed by atoms with E-state index >= 15 is 0 Å². The fraction of sp³-hybridized carbons (Fsp3) is 0.556. The third kappa shape index (κ3) is 3.50. The molecule has 0 radical (unpaired) electrons. The molecule has 1 aromatic rings. The third-order valence-corrected chi connectivity index (χ3v) is 4.61. The Morgan fingerprint density at radius 1 is 1.28 bits per heavy atom. The number of likely N-dealkylation sites (tertiary alicyclic amines) is 1. The summed E-state index contributed by atoms with van der Waals surface area (Å²) in [7, 11) is 0. The van der Waals surface area contributed by atoms with Crippen LogP contribution in [0.3, 0.4) is 0 Å². The normalized spacial score (nSPS) is 21.4. The Morgan fingerprint density at radius 3 is 2.52 bits per heavy atom. The van der Waals surface area contributed by atoms with E-state index in [4.69, 9.17) is 9.47 Å². The monoisotopic (exact) mass is 348 g/mol. The molecule has 0 saturated carbocycles. The van der Waals surface area contributed by atoms with Crippen LogP contribution in [0, 0.1) is 0 Å². The van der Waals surface area contributed by atoms with Gasteiger partial charge in [-0.2, -0.15) is 0 Å². The molecule has 136 valence electrons. The molecular weight excluding hydrogens is 324 g/mol. The van der Waals surface area contributed by atoms with E-state index in [-0.39, 0.29) is 6.04 Å². The van der Waals surface area contributed by atoms with Crippen molar-refractivity contribution in [1.29, 1.82) is 0 Å². The van der Waals surface area contributed by atoms with Crippen LogP contribution in [0.25, 0.3) is 0 Å². The fourth-order valence-electron chi connectivity index (χ4n) is 3.48. The van der Waals surface area contributed by atoms with E-state index in [1.807, 2.05) is 45.0 Å². The zero-order valence-electron chi connectivity index (χ0n) is 14.7. The van der Waals surface area contributed by atoms with Crippen LogP contribution in [-0.2, 0) is 4.74 Å². The smallest absolute Gasteiger partial charge is 0.408 e. The molecule has 25 heavy (non-hydrogen) atoms. The van der Waals surface area contributed by atoms with E-state index in [9.17, 15) is 14.7 Å². The van der Waals surface area contributed by atoms with E-state index in [2.05, 4.69) is 5.32 Å². The summed E-state index contributed by atoms with van der Waals surface area (Å²) in [6, 6.07) is 7.22. The summed E-state index contributed by atoms with van der Waals surface area (Å²) >= 11 is 0. The Balaban J connectivity index is 1.83. The molecule has 1 aromatic carbocycles. The number of hydrogen-bond donors (Lipinski definition) is 2. The number of amides is 2. The van der Waals surface area contributed by atoms with Gasteiger partial charge in [0, 0.05) is 31.5 Å². The van der Waals surface area contributed by atoms with Crippen molar-refractivity contribution in [3.63, 3.8) is 0 Å². The number of fused-ring (bicyclic) bond motifs is 1. The highest BCUT2D eigenvalue weighted by Crippen LogP contribution is 2.48. The Morgan fingerprint density at radius 2 is 1.92 bits per heavy atom. The maximum absolute atomic E-state index is 12.3. The summed E-state index contributed by atoms with van der Waals surface area (Å²) in [5.41, 5.74) is -0.341. The van der Waals surface area contributed by atoms with Crippen molar-refractivity contribution in [3.05, 3.63) is 29.8 Å². The van der Waals surface area contributed by atoms with Crippen molar-refractivity contribution in [3.8, 4) is 5.75 Å². The van der Waals surface area contributed by atoms with Gasteiger partial charge in [0.25, 0.3) is 0 Å². The predicted octanol–water partition coefficient (Wildman–Crippen LogP) is 3.16. The predicted molar refractivity (Wildman–Crippen MR) is 90.7 cm³/mol. The summed E-state index contributed by atoms with van der Waals surface area (Å²) in [6.45, 7) is 6.18. The van der Waals surface area contributed by atoms with Crippen LogP contribution in [0.1, 0.15) is 45.2 Å². The van der Waals surface area contributed by atoms with Gasteiger partial charge in [-0.15, -0.1) is 0 Å². The number of para-hydroxylation sites is 1. The SMILES string of the molecule is CC(C)(C)OC(=O)NC1c2ccccc2OC12CCN(C(=O)O)CC2. The van der Waals surface area contributed by atoms with Gasteiger partial charge in [-0.1, -0.05) is 18.2 Å². The lowest BCUT2D eigenvalue weighted by Crippen LogP contribution is -2.54. The van der Waals surface area contributed by atoms with Gasteiger partial charge in [0.1, 0.15) is 23.0 Å². The maximum atomic E-state index is 12.3. The molecular formula is C18H24N2O5. The fourth-order valence-corrected chi connectivity index (χ4v) is 3.48. The highest BCUT2D eigenvalue weighted by molar-refractivity contribution is 5.69. The number of benzene rings is 1. The molecule has 0 aliphatic carbocycles. The highest BCUT2D eigenvalue weighted by atomic mass is 16.6. The molecule has 1 unspecified atom stereocenters. The lowest BCUT2D eigenvalue weighted by atomic mass is 9.82. The number of piperidine rings is 1. The molecule has 0 aromatic heterocycles. The van der Waals surface area contributed by atoms with Crippen LogP contribution in [0.15, 0.2) is 24.3 Å². The largest absolute Gasteiger partial charge is 0.484 e. The standard InChI is InChI=1S/C18H24N2O5/c1-17(2,3)25-15(21)19-14-12-6-4-5-7-13(12)24-18(14)8-10-20(11-9-18)16(22)23/h4-7,14H,8-11H2,1-3H3,(H,19,21)(H,22,23). The summed E-state index contributed by atoms with van der Waals surface area (Å²) in [4.78, 5) is 24.9. The van der Waals surface area contributed by atoms with Crippen LogP contribution in [-0.4, -0.2) is 46.5 Å². The van der Waals surface area contributed by atoms with Gasteiger partial charge in [0.15, 0.2) is 0 Å². The van der Waals surface area contributed by atoms with Crippen molar-refractivity contribution in [2.45, 2.75) is 50.9 Å². The number of hydrogen-bond acceptors (Lipinski definition) is 4. The van der Waals surface area contributed by atoms with E-state index in [0.29, 0.717) is 25.9 Å². The number of carbonyl (C=O) groups is 2. The van der Waals surface area contributed by atoms with E-state index in [1.54, 1.807) is 0 Å². The second-order valence-corrected chi connectivity index (χ2v) is 7.55. The maximum Gasteiger partial charge on any atom is 0.408 e. The minimum atomic E-state index is -0.929. The number of ether oxygens (including phenoxy) is 2. The van der Waals surface area contributed by atoms with Gasteiger partial charge in [0.2, 0.25) is 0 Å². The number of rotatable bonds is 1. The van der Waals surface area contributed by atoms with Gasteiger partial charge in [0.05, 0.1) is 0 Å². The molecule has 7 heteroatoms. The second-order valence-electron chi connectivity index (χ2n) is 7.55. The lowest BCUT2D eigenvalue weighted by molar-refractivity contribution is -0.0103. The van der Waals surface area contributed by atoms with Crippen molar-refractivity contribution < 1.29 is 24.2 Å². The number of nitrogens with zero attached hydrogens (tertiary/aromatic N) is 1. The lowest BCUT2D eigenvalue weighted by Gasteiger charge is -2.41. The third-order valence-electron chi connectivity index (χ3n) is 4.61. The summed E-state index contributed by atoms with van der Waals surface area (Å²) in [6.07, 6.45) is -0.414. The first-order valence-electron chi connectivity index (χ1n) is 8.45. The van der Waals surface area contributed by atoms with E-state index < -0.39 is 23.4 Å². The zero-order valence-corrected chi connectivity index (χ0v) is 14.7. The molecule has 1 saturated heterocycles. The van der Waals surface area contributed by atoms with Gasteiger partial charge in [-0.25, -0.2) is 9.59 Å². The summed E-state index contributed by atoms with van der Waals surface area (Å²) < 4.78 is 11.6. The molecule has 1 spiro atoms. The van der Waals surface area contributed by atoms with Crippen molar-refractivity contribution in [1.82, 2.24) is 10.2 Å². The summed E-state index contributed by atoms with van der Waals surface area (Å²) in [5.74, 6) is 0.729. The minimum Gasteiger partial charge on any atom is -0.484 e. The Bertz CT molecular complexity index is 674. The van der Waals surface area contributed by atoms with E-state index in [1.165, 1.54) is 4.90 Å². The molecule has 1 fully saturated rings. The molecule has 0 bridgehead atoms. The van der Waals surface area contributed by atoms with Gasteiger partial charge >= 0.3 is 12.2 Å². The minimum absolute atomic E-state index is 0.366. The van der Waals surface area contributed by atoms with Crippen molar-refractivity contribution in [2.75, 3.05) is 13.1 Å². The Hall–Kier alpha value is -2.44. The number of alkyl carbamates (subject to hydrolysis) is 1. The average molecular weight is 348 g/mol. The van der Waals surface area contributed by atoms with Crippen molar-refractivity contribution in [2.24, 2.45) is 0 Å². The van der Waals surface area contributed by atoms with Crippen LogP contribution < -0.4 is 10.1 Å². The average Bonchev–Trinajstić information content (AvgIpc) is 2.79. The Kier molecular flexibility index (Phi) is 4.26. The van der Waals surface area contributed by atoms with Crippen LogP contribution >= 0.6 is 0 Å². The van der Waals surface area contributed by atoms with Gasteiger partial charge < -0.3 is 24.8 Å². The topological polar surface area (TPSA) is 88.1 Å². The summed E-state index contributed by atoms with van der Waals surface area (Å²) in [5, 5.41) is 12.1. The highest BCUT2D eigenvalue weighted by Gasteiger charge is 2.51. The molecule has 7 nitrogen and oxygen atoms in total. The molecule has 2 N–H and O–H groups in total. The molecule has 2 aliphatic heterocycles. The van der Waals surface area contributed by atoms with Crippen LogP contribution in [0.4, 0.5) is 9.59 Å². The molecule has 2 amide bonds. The first-order valence-corrected chi connectivity index (χ1v) is 8.45. The number of carboxylic acid groups (broad SMARTS) is 1. The number of carbonyl (C=O) groups excluding carboxylic acids is 1. The molecule has 1 atom stereocenters. The molecule has 2 heterocycles. The molecule has 2 aliphatic rings. The van der Waals surface area contributed by atoms with Crippen molar-refractivity contribution >= 4 is 12.2 Å². The Labute approximate surface area is 146 Å². The second kappa shape index (κ2) is 6.13. The number of nitrogens with one attached hydrogen (secondary N) is 1. The van der Waals surface area contributed by atoms with Gasteiger partial charge in [-0.3, -0.25) is 0 Å². The van der Waals surface area contributed by atoms with E-state index in [0.717, 1.165) is 11.3 Å². The van der Waals surface area contributed by atoms with Gasteiger partial charge in [-0.05, 0) is 26.8 Å². The van der Waals surface area contributed by atoms with Crippen LogP contribution in [0.2, 0.25) is 0 Å². The quantitative estimate of drug-likeness (QED) is 0.814. The first kappa shape index (κ1) is 17.4. The zero-order chi connectivity index (χ0) is 18.2. The first-order chi connectivity index (χ1) is 11.7. The molecule has 3 rings (SSSR count). The van der Waals surface area contributed by atoms with Crippen LogP contribution in [0.5, 0.6) is 5.75 Å².